The lowest BCUT2D eigenvalue weighted by atomic mass is 10.2. The van der Waals surface area contributed by atoms with E-state index in [1.54, 1.807) is 12.4 Å². The van der Waals surface area contributed by atoms with Gasteiger partial charge in [0.2, 0.25) is 0 Å². The maximum Gasteiger partial charge on any atom is 0.136 e. The van der Waals surface area contributed by atoms with Crippen LogP contribution >= 0.6 is 22.9 Å². The molecule has 4 aromatic rings. The molecule has 0 aliphatic rings. The van der Waals surface area contributed by atoms with Crippen LogP contribution in [0.5, 0.6) is 0 Å². The fourth-order valence-electron chi connectivity index (χ4n) is 2.47. The number of benzene rings is 2. The average Bonchev–Trinajstić information content (AvgIpc) is 3.32. The fraction of sp³-hybridized carbons (Fsp3) is 0. The van der Waals surface area contributed by atoms with Gasteiger partial charge in [0.25, 0.3) is 0 Å². The number of nitrogens with zero attached hydrogens (tertiary/aromatic N) is 3. The molecule has 0 unspecified atom stereocenters. The van der Waals surface area contributed by atoms with Crippen molar-refractivity contribution >= 4 is 45.1 Å². The van der Waals surface area contributed by atoms with E-state index < -0.39 is 0 Å². The number of hydrogen-bond donors (Lipinski definition) is 2. The van der Waals surface area contributed by atoms with E-state index in [9.17, 15) is 5.26 Å². The number of H-pyrrole nitrogens is 1. The van der Waals surface area contributed by atoms with Gasteiger partial charge in [0.15, 0.2) is 0 Å². The van der Waals surface area contributed by atoms with Gasteiger partial charge in [-0.1, -0.05) is 23.7 Å². The summed E-state index contributed by atoms with van der Waals surface area (Å²) in [5.74, 6) is 0. The lowest BCUT2D eigenvalue weighted by Gasteiger charge is -2.01. The number of halogens is 1. The number of rotatable bonds is 4. The predicted molar refractivity (Wildman–Crippen MR) is 106 cm³/mol. The van der Waals surface area contributed by atoms with E-state index in [0.29, 0.717) is 15.6 Å². The number of fused-ring (bicyclic) bond motifs is 1. The molecule has 2 heterocycles. The average molecular weight is 378 g/mol. The minimum absolute atomic E-state index is 0.472. The molecule has 2 N–H and O–H groups in total. The lowest BCUT2D eigenvalue weighted by molar-refractivity contribution is 1.12. The van der Waals surface area contributed by atoms with Crippen LogP contribution in [0.2, 0.25) is 5.02 Å². The van der Waals surface area contributed by atoms with Gasteiger partial charge in [-0.2, -0.15) is 10.4 Å². The number of aromatic amines is 1. The molecule has 26 heavy (non-hydrogen) atoms. The number of aromatic nitrogens is 3. The summed E-state index contributed by atoms with van der Waals surface area (Å²) < 4.78 is 0. The Morgan fingerprint density at radius 1 is 1.23 bits per heavy atom. The van der Waals surface area contributed by atoms with Crippen molar-refractivity contribution in [3.05, 3.63) is 70.3 Å². The molecule has 0 atom stereocenters. The van der Waals surface area contributed by atoms with E-state index in [2.05, 4.69) is 26.6 Å². The minimum Gasteiger partial charge on any atom is -0.360 e. The highest BCUT2D eigenvalue weighted by Crippen LogP contribution is 2.27. The summed E-state index contributed by atoms with van der Waals surface area (Å²) in [6.45, 7) is 0. The van der Waals surface area contributed by atoms with Crippen molar-refractivity contribution in [2.24, 2.45) is 0 Å². The smallest absolute Gasteiger partial charge is 0.136 e. The highest BCUT2D eigenvalue weighted by Gasteiger charge is 2.09. The SMILES string of the molecule is N#CC(=CNc1ccc2cn[nH]c2c1)c1nc(-c2ccc(Cl)cc2)cs1. The lowest BCUT2D eigenvalue weighted by Crippen LogP contribution is -1.91. The molecule has 0 fully saturated rings. The third-order valence-electron chi connectivity index (χ3n) is 3.82. The Hall–Kier alpha value is -3.14. The van der Waals surface area contributed by atoms with Gasteiger partial charge >= 0.3 is 0 Å². The molecule has 0 aliphatic heterocycles. The monoisotopic (exact) mass is 377 g/mol. The largest absolute Gasteiger partial charge is 0.360 e. The molecule has 126 valence electrons. The molecule has 0 spiro atoms. The van der Waals surface area contributed by atoms with Gasteiger partial charge in [-0.15, -0.1) is 11.3 Å². The normalized spacial score (nSPS) is 11.5. The van der Waals surface area contributed by atoms with Gasteiger partial charge in [-0.3, -0.25) is 5.10 Å². The molecule has 2 aromatic carbocycles. The van der Waals surface area contributed by atoms with E-state index in [0.717, 1.165) is 27.8 Å². The molecular weight excluding hydrogens is 366 g/mol. The molecule has 0 saturated carbocycles. The highest BCUT2D eigenvalue weighted by atomic mass is 35.5. The number of nitrogens with one attached hydrogen (secondary N) is 2. The summed E-state index contributed by atoms with van der Waals surface area (Å²) in [6.07, 6.45) is 3.44. The number of thiazole rings is 1. The molecule has 2 aromatic heterocycles. The second-order valence-electron chi connectivity index (χ2n) is 5.53. The Bertz CT molecular complexity index is 1130. The van der Waals surface area contributed by atoms with Crippen LogP contribution in [0.1, 0.15) is 5.01 Å². The Kier molecular flexibility index (Phi) is 4.40. The van der Waals surface area contributed by atoms with Crippen LogP contribution < -0.4 is 5.32 Å². The molecular formula is C19H12ClN5S. The Balaban J connectivity index is 1.57. The number of nitriles is 1. The molecule has 0 radical (unpaired) electrons. The highest BCUT2D eigenvalue weighted by molar-refractivity contribution is 7.11. The van der Waals surface area contributed by atoms with Crippen molar-refractivity contribution in [3.8, 4) is 17.3 Å². The summed E-state index contributed by atoms with van der Waals surface area (Å²) in [7, 11) is 0. The van der Waals surface area contributed by atoms with Gasteiger partial charge in [-0.05, 0) is 30.3 Å². The van der Waals surface area contributed by atoms with Gasteiger partial charge in [0, 0.05) is 33.2 Å². The maximum atomic E-state index is 9.49. The van der Waals surface area contributed by atoms with E-state index in [-0.39, 0.29) is 0 Å². The van der Waals surface area contributed by atoms with E-state index in [1.807, 2.05) is 47.8 Å². The summed E-state index contributed by atoms with van der Waals surface area (Å²) in [5.41, 5.74) is 4.05. The van der Waals surface area contributed by atoms with Crippen molar-refractivity contribution in [2.75, 3.05) is 5.32 Å². The molecule has 5 nitrogen and oxygen atoms in total. The van der Waals surface area contributed by atoms with Crippen molar-refractivity contribution < 1.29 is 0 Å². The van der Waals surface area contributed by atoms with Crippen molar-refractivity contribution in [3.63, 3.8) is 0 Å². The standard InChI is InChI=1S/C19H12ClN5S/c20-15-4-1-12(2-5-15)18-11-26-19(24-18)14(8-21)9-22-16-6-3-13-10-23-25-17(13)7-16/h1-7,9-11,22H,(H,23,25). The molecule has 0 saturated heterocycles. The summed E-state index contributed by atoms with van der Waals surface area (Å²) in [6, 6.07) is 15.5. The van der Waals surface area contributed by atoms with Crippen molar-refractivity contribution in [1.82, 2.24) is 15.2 Å². The first-order chi connectivity index (χ1) is 12.7. The van der Waals surface area contributed by atoms with Gasteiger partial charge in [-0.25, -0.2) is 4.98 Å². The zero-order valence-corrected chi connectivity index (χ0v) is 15.0. The third-order valence-corrected chi connectivity index (χ3v) is 4.95. The molecule has 4 rings (SSSR count). The fourth-order valence-corrected chi connectivity index (χ4v) is 3.40. The Morgan fingerprint density at radius 2 is 2.08 bits per heavy atom. The first-order valence-corrected chi connectivity index (χ1v) is 9.00. The van der Waals surface area contributed by atoms with Gasteiger partial charge in [0.05, 0.1) is 17.4 Å². The second kappa shape index (κ2) is 7.00. The molecule has 0 amide bonds. The van der Waals surface area contributed by atoms with Crippen LogP contribution in [0.15, 0.2) is 60.2 Å². The Morgan fingerprint density at radius 3 is 2.88 bits per heavy atom. The van der Waals surface area contributed by atoms with E-state index >= 15 is 0 Å². The van der Waals surface area contributed by atoms with Crippen LogP contribution in [0.3, 0.4) is 0 Å². The summed E-state index contributed by atoms with van der Waals surface area (Å²) >= 11 is 7.35. The topological polar surface area (TPSA) is 77.4 Å². The number of hydrogen-bond acceptors (Lipinski definition) is 5. The van der Waals surface area contributed by atoms with Gasteiger partial charge in [0.1, 0.15) is 16.6 Å². The number of allylic oxidation sites excluding steroid dienone is 1. The first kappa shape index (κ1) is 16.3. The summed E-state index contributed by atoms with van der Waals surface area (Å²) in [4.78, 5) is 4.56. The van der Waals surface area contributed by atoms with E-state index in [4.69, 9.17) is 11.6 Å². The van der Waals surface area contributed by atoms with E-state index in [1.165, 1.54) is 11.3 Å². The molecule has 0 aliphatic carbocycles. The van der Waals surface area contributed by atoms with Crippen LogP contribution in [0.25, 0.3) is 27.7 Å². The number of anilines is 1. The van der Waals surface area contributed by atoms with Crippen LogP contribution in [0.4, 0.5) is 5.69 Å². The summed E-state index contributed by atoms with van der Waals surface area (Å²) in [5, 5.41) is 23.9. The quantitative estimate of drug-likeness (QED) is 0.472. The van der Waals surface area contributed by atoms with Crippen LogP contribution in [0, 0.1) is 11.3 Å². The zero-order valence-electron chi connectivity index (χ0n) is 13.4. The minimum atomic E-state index is 0.472. The van der Waals surface area contributed by atoms with Crippen LogP contribution in [-0.2, 0) is 0 Å². The Labute approximate surface area is 158 Å². The predicted octanol–water partition coefficient (Wildman–Crippen LogP) is 5.32. The molecule has 0 bridgehead atoms. The zero-order chi connectivity index (χ0) is 17.9. The first-order valence-electron chi connectivity index (χ1n) is 7.75. The van der Waals surface area contributed by atoms with Crippen molar-refractivity contribution in [1.29, 1.82) is 5.26 Å². The second-order valence-corrected chi connectivity index (χ2v) is 6.83. The molecule has 7 heteroatoms. The van der Waals surface area contributed by atoms with Crippen molar-refractivity contribution in [2.45, 2.75) is 0 Å². The van der Waals surface area contributed by atoms with Crippen LogP contribution in [-0.4, -0.2) is 15.2 Å². The maximum absolute atomic E-state index is 9.49. The van der Waals surface area contributed by atoms with Gasteiger partial charge < -0.3 is 5.32 Å². The third kappa shape index (κ3) is 3.31.